The molecule has 0 radical (unpaired) electrons. The van der Waals surface area contributed by atoms with Crippen molar-refractivity contribution in [3.63, 3.8) is 0 Å². The molecule has 0 fully saturated rings. The summed E-state index contributed by atoms with van der Waals surface area (Å²) >= 11 is 15.3. The van der Waals surface area contributed by atoms with Crippen molar-refractivity contribution in [2.75, 3.05) is 0 Å². The van der Waals surface area contributed by atoms with E-state index in [0.717, 1.165) is 21.3 Å². The van der Waals surface area contributed by atoms with Gasteiger partial charge in [-0.05, 0) is 42.3 Å². The van der Waals surface area contributed by atoms with E-state index in [4.69, 9.17) is 27.9 Å². The zero-order valence-corrected chi connectivity index (χ0v) is 12.8. The third-order valence-corrected chi connectivity index (χ3v) is 3.63. The molecule has 2 aromatic carbocycles. The lowest BCUT2D eigenvalue weighted by Gasteiger charge is -2.11. The molecule has 2 rings (SSSR count). The molecule has 1 nitrogen and oxygen atoms in total. The normalized spacial score (nSPS) is 10.4. The molecule has 0 heterocycles. The molecule has 0 aliphatic heterocycles. The highest BCUT2D eigenvalue weighted by molar-refractivity contribution is 9.10. The van der Waals surface area contributed by atoms with Gasteiger partial charge < -0.3 is 4.74 Å². The summed E-state index contributed by atoms with van der Waals surface area (Å²) in [7, 11) is 0. The highest BCUT2D eigenvalue weighted by Gasteiger charge is 2.07. The maximum atomic E-state index is 6.10. The Kier molecular flexibility index (Phi) is 4.55. The first kappa shape index (κ1) is 13.7. The summed E-state index contributed by atoms with van der Waals surface area (Å²) in [5.74, 6) is 1.86. The van der Waals surface area contributed by atoms with Crippen LogP contribution in [0, 0.1) is 6.92 Å². The highest BCUT2D eigenvalue weighted by atomic mass is 79.9. The topological polar surface area (TPSA) is 9.23 Å². The van der Waals surface area contributed by atoms with E-state index in [1.165, 1.54) is 0 Å². The predicted octanol–water partition coefficient (Wildman–Crippen LogP) is 5.94. The van der Waals surface area contributed by atoms with Crippen molar-refractivity contribution in [1.82, 2.24) is 0 Å². The maximum absolute atomic E-state index is 6.10. The zero-order valence-electron chi connectivity index (χ0n) is 9.71. The molecule has 0 N–H and O–H groups in total. The summed E-state index contributed by atoms with van der Waals surface area (Å²) in [5.41, 5.74) is 2.06. The summed E-state index contributed by atoms with van der Waals surface area (Å²) in [6, 6.07) is 11.4. The minimum Gasteiger partial charge on any atom is -0.455 e. The second-order valence-electron chi connectivity index (χ2n) is 3.91. The Balaban J connectivity index is 2.36. The lowest BCUT2D eigenvalue weighted by molar-refractivity contribution is 0.478. The fraction of sp³-hybridized carbons (Fsp3) is 0.143. The van der Waals surface area contributed by atoms with E-state index >= 15 is 0 Å². The van der Waals surface area contributed by atoms with Gasteiger partial charge >= 0.3 is 0 Å². The van der Waals surface area contributed by atoms with Crippen LogP contribution in [-0.2, 0) is 5.88 Å². The molecule has 0 spiro atoms. The van der Waals surface area contributed by atoms with Gasteiger partial charge in [-0.25, -0.2) is 0 Å². The summed E-state index contributed by atoms with van der Waals surface area (Å²) in [5, 5.41) is 0.578. The van der Waals surface area contributed by atoms with Crippen LogP contribution in [0.15, 0.2) is 40.9 Å². The smallest absolute Gasteiger partial charge is 0.147 e. The Bertz CT molecular complexity index is 570. The van der Waals surface area contributed by atoms with Crippen molar-refractivity contribution >= 4 is 39.1 Å². The first-order valence-electron chi connectivity index (χ1n) is 5.38. The maximum Gasteiger partial charge on any atom is 0.147 e. The van der Waals surface area contributed by atoms with E-state index in [9.17, 15) is 0 Å². The van der Waals surface area contributed by atoms with Gasteiger partial charge in [0.2, 0.25) is 0 Å². The lowest BCUT2D eigenvalue weighted by Crippen LogP contribution is -1.90. The molecule has 4 heteroatoms. The van der Waals surface area contributed by atoms with Gasteiger partial charge in [0.1, 0.15) is 11.5 Å². The average molecular weight is 346 g/mol. The molecule has 0 atom stereocenters. The minimum absolute atomic E-state index is 0.461. The van der Waals surface area contributed by atoms with Gasteiger partial charge in [-0.1, -0.05) is 39.7 Å². The molecule has 0 aliphatic rings. The number of hydrogen-bond donors (Lipinski definition) is 0. The predicted molar refractivity (Wildman–Crippen MR) is 80.0 cm³/mol. The van der Waals surface area contributed by atoms with Crippen LogP contribution in [0.5, 0.6) is 11.5 Å². The Morgan fingerprint density at radius 2 is 1.89 bits per heavy atom. The number of aryl methyl sites for hydroxylation is 1. The van der Waals surface area contributed by atoms with E-state index < -0.39 is 0 Å². The van der Waals surface area contributed by atoms with Crippen molar-refractivity contribution in [1.29, 1.82) is 0 Å². The monoisotopic (exact) mass is 344 g/mol. The second-order valence-corrected chi connectivity index (χ2v) is 5.50. The van der Waals surface area contributed by atoms with Crippen molar-refractivity contribution in [2.24, 2.45) is 0 Å². The number of halogens is 3. The molecule has 2 aromatic rings. The summed E-state index contributed by atoms with van der Waals surface area (Å²) < 4.78 is 6.77. The van der Waals surface area contributed by atoms with Gasteiger partial charge in [-0.3, -0.25) is 0 Å². The molecule has 18 heavy (non-hydrogen) atoms. The summed E-state index contributed by atoms with van der Waals surface area (Å²) in [4.78, 5) is 0. The molecular formula is C14H11BrCl2O. The van der Waals surface area contributed by atoms with Crippen LogP contribution < -0.4 is 4.74 Å². The third-order valence-electron chi connectivity index (χ3n) is 2.52. The average Bonchev–Trinajstić information content (AvgIpc) is 2.36. The van der Waals surface area contributed by atoms with Gasteiger partial charge in [0.15, 0.2) is 0 Å². The van der Waals surface area contributed by atoms with E-state index in [1.807, 2.05) is 37.3 Å². The SMILES string of the molecule is Cc1ccc(CCl)cc1Oc1cc(Br)ccc1Cl. The Hall–Kier alpha value is -0.700. The number of benzene rings is 2. The molecule has 0 aromatic heterocycles. The fourth-order valence-electron chi connectivity index (χ4n) is 1.51. The van der Waals surface area contributed by atoms with Crippen molar-refractivity contribution < 1.29 is 4.74 Å². The van der Waals surface area contributed by atoms with Crippen molar-refractivity contribution in [3.05, 3.63) is 57.0 Å². The number of hydrogen-bond acceptors (Lipinski definition) is 1. The molecule has 94 valence electrons. The van der Waals surface area contributed by atoms with Gasteiger partial charge in [-0.15, -0.1) is 11.6 Å². The van der Waals surface area contributed by atoms with Crippen LogP contribution in [-0.4, -0.2) is 0 Å². The molecule has 0 saturated heterocycles. The van der Waals surface area contributed by atoms with Crippen molar-refractivity contribution in [2.45, 2.75) is 12.8 Å². The number of rotatable bonds is 3. The molecule has 0 aliphatic carbocycles. The quantitative estimate of drug-likeness (QED) is 0.625. The first-order chi connectivity index (χ1) is 8.60. The van der Waals surface area contributed by atoms with Gasteiger partial charge in [0, 0.05) is 10.4 Å². The van der Waals surface area contributed by atoms with Crippen LogP contribution in [0.25, 0.3) is 0 Å². The highest BCUT2D eigenvalue weighted by Crippen LogP contribution is 2.33. The number of ether oxygens (including phenoxy) is 1. The molecule has 0 bridgehead atoms. The standard InChI is InChI=1S/C14H11BrCl2O/c1-9-2-3-10(8-16)6-13(9)18-14-7-11(15)4-5-12(14)17/h2-7H,8H2,1H3. The third kappa shape index (κ3) is 3.19. The molecular weight excluding hydrogens is 335 g/mol. The summed E-state index contributed by atoms with van der Waals surface area (Å²) in [6.45, 7) is 1.99. The van der Waals surface area contributed by atoms with Crippen LogP contribution in [0.4, 0.5) is 0 Å². The minimum atomic E-state index is 0.461. The lowest BCUT2D eigenvalue weighted by atomic mass is 10.1. The Morgan fingerprint density at radius 3 is 2.61 bits per heavy atom. The van der Waals surface area contributed by atoms with Crippen LogP contribution in [0.1, 0.15) is 11.1 Å². The largest absolute Gasteiger partial charge is 0.455 e. The fourth-order valence-corrected chi connectivity index (χ4v) is 2.17. The Labute approximate surface area is 125 Å². The van der Waals surface area contributed by atoms with Crippen LogP contribution in [0.3, 0.4) is 0 Å². The van der Waals surface area contributed by atoms with Gasteiger partial charge in [0.25, 0.3) is 0 Å². The second kappa shape index (κ2) is 5.96. The first-order valence-corrected chi connectivity index (χ1v) is 7.09. The van der Waals surface area contributed by atoms with E-state index in [2.05, 4.69) is 15.9 Å². The van der Waals surface area contributed by atoms with Crippen LogP contribution in [0.2, 0.25) is 5.02 Å². The molecule has 0 unspecified atom stereocenters. The number of alkyl halides is 1. The molecule has 0 saturated carbocycles. The zero-order chi connectivity index (χ0) is 13.1. The molecule has 0 amide bonds. The van der Waals surface area contributed by atoms with E-state index in [-0.39, 0.29) is 0 Å². The van der Waals surface area contributed by atoms with E-state index in [1.54, 1.807) is 6.07 Å². The van der Waals surface area contributed by atoms with Crippen molar-refractivity contribution in [3.8, 4) is 11.5 Å². The van der Waals surface area contributed by atoms with E-state index in [0.29, 0.717) is 16.7 Å². The Morgan fingerprint density at radius 1 is 1.11 bits per heavy atom. The summed E-state index contributed by atoms with van der Waals surface area (Å²) in [6.07, 6.45) is 0. The van der Waals surface area contributed by atoms with Gasteiger partial charge in [-0.2, -0.15) is 0 Å². The van der Waals surface area contributed by atoms with Crippen LogP contribution >= 0.6 is 39.1 Å². The van der Waals surface area contributed by atoms with Gasteiger partial charge in [0.05, 0.1) is 5.02 Å².